The van der Waals surface area contributed by atoms with Crippen LogP contribution in [0, 0.1) is 5.92 Å². The van der Waals surface area contributed by atoms with Crippen LogP contribution >= 0.6 is 0 Å². The van der Waals surface area contributed by atoms with Gasteiger partial charge in [0.15, 0.2) is 0 Å². The summed E-state index contributed by atoms with van der Waals surface area (Å²) in [5, 5.41) is 3.56. The van der Waals surface area contributed by atoms with Crippen LogP contribution in [0.4, 0.5) is 0 Å². The summed E-state index contributed by atoms with van der Waals surface area (Å²) in [6, 6.07) is 18.7. The van der Waals surface area contributed by atoms with Gasteiger partial charge in [0.05, 0.1) is 13.2 Å². The zero-order chi connectivity index (χ0) is 15.2. The Morgan fingerprint density at radius 2 is 1.86 bits per heavy atom. The van der Waals surface area contributed by atoms with Crippen molar-refractivity contribution in [2.75, 3.05) is 20.3 Å². The van der Waals surface area contributed by atoms with Crippen LogP contribution in [0.3, 0.4) is 0 Å². The summed E-state index contributed by atoms with van der Waals surface area (Å²) in [6.45, 7) is 2.63. The van der Waals surface area contributed by atoms with E-state index in [-0.39, 0.29) is 6.10 Å². The lowest BCUT2D eigenvalue weighted by Gasteiger charge is -2.19. The van der Waals surface area contributed by atoms with E-state index in [0.717, 1.165) is 31.9 Å². The molecule has 0 radical (unpaired) electrons. The van der Waals surface area contributed by atoms with Gasteiger partial charge < -0.3 is 14.8 Å². The molecule has 3 rings (SSSR count). The van der Waals surface area contributed by atoms with E-state index in [0.29, 0.717) is 5.92 Å². The van der Waals surface area contributed by atoms with Crippen molar-refractivity contribution >= 4 is 0 Å². The number of para-hydroxylation sites is 1. The Hall–Kier alpha value is -1.84. The second-order valence-electron chi connectivity index (χ2n) is 5.69. The Morgan fingerprint density at radius 1 is 1.09 bits per heavy atom. The third kappa shape index (κ3) is 3.49. The molecule has 0 bridgehead atoms. The van der Waals surface area contributed by atoms with E-state index in [4.69, 9.17) is 9.47 Å². The van der Waals surface area contributed by atoms with Crippen molar-refractivity contribution in [2.45, 2.75) is 19.1 Å². The van der Waals surface area contributed by atoms with E-state index in [1.807, 2.05) is 24.3 Å². The Bertz CT molecular complexity index is 585. The number of hydrogen-bond acceptors (Lipinski definition) is 3. The molecule has 0 spiro atoms. The number of methoxy groups -OCH3 is 1. The molecule has 0 saturated carbocycles. The first-order chi connectivity index (χ1) is 10.9. The third-order valence-electron chi connectivity index (χ3n) is 4.26. The first-order valence-corrected chi connectivity index (χ1v) is 7.87. The Balaban J connectivity index is 1.57. The van der Waals surface area contributed by atoms with Gasteiger partial charge in [-0.3, -0.25) is 0 Å². The summed E-state index contributed by atoms with van der Waals surface area (Å²) in [5.74, 6) is 1.47. The maximum Gasteiger partial charge on any atom is 0.123 e. The van der Waals surface area contributed by atoms with E-state index in [9.17, 15) is 0 Å². The number of nitrogens with one attached hydrogen (secondary N) is 1. The number of benzene rings is 2. The fourth-order valence-corrected chi connectivity index (χ4v) is 3.10. The second kappa shape index (κ2) is 7.43. The van der Waals surface area contributed by atoms with Gasteiger partial charge in [-0.2, -0.15) is 0 Å². The van der Waals surface area contributed by atoms with Crippen molar-refractivity contribution in [2.24, 2.45) is 5.92 Å². The molecule has 1 aliphatic heterocycles. The van der Waals surface area contributed by atoms with Gasteiger partial charge in [0.2, 0.25) is 0 Å². The quantitative estimate of drug-likeness (QED) is 0.884. The molecule has 2 aromatic carbocycles. The highest BCUT2D eigenvalue weighted by Crippen LogP contribution is 2.34. The molecule has 1 heterocycles. The molecule has 1 fully saturated rings. The minimum Gasteiger partial charge on any atom is -0.496 e. The summed E-state index contributed by atoms with van der Waals surface area (Å²) in [5.41, 5.74) is 2.48. The van der Waals surface area contributed by atoms with Crippen molar-refractivity contribution in [1.82, 2.24) is 5.32 Å². The Labute approximate surface area is 132 Å². The standard InChI is InChI=1S/C19H23NO2/c1-21-18-10-6-5-9-16(18)13-20-14-17-11-12-22-19(17)15-7-3-2-4-8-15/h2-10,17,19-20H,11-14H2,1H3/t17-,19-/m1/s1. The van der Waals surface area contributed by atoms with Gasteiger partial charge in [-0.25, -0.2) is 0 Å². The van der Waals surface area contributed by atoms with Crippen LogP contribution in [0.15, 0.2) is 54.6 Å². The van der Waals surface area contributed by atoms with Crippen molar-refractivity contribution in [3.8, 4) is 5.75 Å². The Kier molecular flexibility index (Phi) is 5.09. The zero-order valence-electron chi connectivity index (χ0n) is 13.0. The molecule has 0 unspecified atom stereocenters. The first-order valence-electron chi connectivity index (χ1n) is 7.87. The highest BCUT2D eigenvalue weighted by molar-refractivity contribution is 5.33. The number of ether oxygens (including phenoxy) is 2. The van der Waals surface area contributed by atoms with Gasteiger partial charge in [-0.15, -0.1) is 0 Å². The molecular weight excluding hydrogens is 274 g/mol. The summed E-state index contributed by atoms with van der Waals surface area (Å²) >= 11 is 0. The molecule has 22 heavy (non-hydrogen) atoms. The highest BCUT2D eigenvalue weighted by Gasteiger charge is 2.29. The summed E-state index contributed by atoms with van der Waals surface area (Å²) < 4.78 is 11.3. The number of rotatable bonds is 6. The van der Waals surface area contributed by atoms with E-state index < -0.39 is 0 Å². The van der Waals surface area contributed by atoms with Crippen molar-refractivity contribution in [3.63, 3.8) is 0 Å². The van der Waals surface area contributed by atoms with E-state index in [2.05, 4.69) is 35.6 Å². The summed E-state index contributed by atoms with van der Waals surface area (Å²) in [4.78, 5) is 0. The third-order valence-corrected chi connectivity index (χ3v) is 4.26. The molecule has 1 N–H and O–H groups in total. The lowest BCUT2D eigenvalue weighted by molar-refractivity contribution is 0.0904. The molecule has 1 aliphatic rings. The lowest BCUT2D eigenvalue weighted by atomic mass is 9.95. The maximum absolute atomic E-state index is 5.93. The fourth-order valence-electron chi connectivity index (χ4n) is 3.10. The SMILES string of the molecule is COc1ccccc1CNC[C@H]1CCO[C@@H]1c1ccccc1. The van der Waals surface area contributed by atoms with Gasteiger partial charge in [-0.1, -0.05) is 48.5 Å². The summed E-state index contributed by atoms with van der Waals surface area (Å²) in [7, 11) is 1.72. The molecule has 116 valence electrons. The highest BCUT2D eigenvalue weighted by atomic mass is 16.5. The molecule has 2 atom stereocenters. The molecule has 2 aromatic rings. The minimum absolute atomic E-state index is 0.214. The predicted octanol–water partition coefficient (Wildman–Crippen LogP) is 3.56. The average molecular weight is 297 g/mol. The van der Waals surface area contributed by atoms with Crippen LogP contribution in [0.2, 0.25) is 0 Å². The van der Waals surface area contributed by atoms with Crippen LogP contribution in [-0.4, -0.2) is 20.3 Å². The van der Waals surface area contributed by atoms with Gasteiger partial charge in [0, 0.05) is 31.2 Å². The van der Waals surface area contributed by atoms with E-state index in [1.54, 1.807) is 7.11 Å². The van der Waals surface area contributed by atoms with Crippen LogP contribution in [0.1, 0.15) is 23.7 Å². The first kappa shape index (κ1) is 15.1. The Morgan fingerprint density at radius 3 is 2.68 bits per heavy atom. The van der Waals surface area contributed by atoms with E-state index >= 15 is 0 Å². The molecule has 3 nitrogen and oxygen atoms in total. The van der Waals surface area contributed by atoms with E-state index in [1.165, 1.54) is 11.1 Å². The van der Waals surface area contributed by atoms with Crippen LogP contribution < -0.4 is 10.1 Å². The molecule has 3 heteroatoms. The average Bonchev–Trinajstić information content (AvgIpc) is 3.04. The molecular formula is C19H23NO2. The van der Waals surface area contributed by atoms with Crippen LogP contribution in [-0.2, 0) is 11.3 Å². The normalized spacial score (nSPS) is 21.0. The molecule has 0 aliphatic carbocycles. The fraction of sp³-hybridized carbons (Fsp3) is 0.368. The van der Waals surface area contributed by atoms with Gasteiger partial charge in [-0.05, 0) is 18.1 Å². The maximum atomic E-state index is 5.93. The van der Waals surface area contributed by atoms with Gasteiger partial charge >= 0.3 is 0 Å². The van der Waals surface area contributed by atoms with Crippen molar-refractivity contribution in [1.29, 1.82) is 0 Å². The summed E-state index contributed by atoms with van der Waals surface area (Å²) in [6.07, 6.45) is 1.32. The molecule has 0 amide bonds. The molecule has 0 aromatic heterocycles. The molecule has 1 saturated heterocycles. The topological polar surface area (TPSA) is 30.5 Å². The largest absolute Gasteiger partial charge is 0.496 e. The predicted molar refractivity (Wildman–Crippen MR) is 87.9 cm³/mol. The van der Waals surface area contributed by atoms with Gasteiger partial charge in [0.1, 0.15) is 5.75 Å². The van der Waals surface area contributed by atoms with Gasteiger partial charge in [0.25, 0.3) is 0 Å². The zero-order valence-corrected chi connectivity index (χ0v) is 13.0. The monoisotopic (exact) mass is 297 g/mol. The number of hydrogen-bond donors (Lipinski definition) is 1. The minimum atomic E-state index is 0.214. The lowest BCUT2D eigenvalue weighted by Crippen LogP contribution is -2.24. The van der Waals surface area contributed by atoms with Crippen LogP contribution in [0.25, 0.3) is 0 Å². The second-order valence-corrected chi connectivity index (χ2v) is 5.69. The van der Waals surface area contributed by atoms with Crippen LogP contribution in [0.5, 0.6) is 5.75 Å². The van der Waals surface area contributed by atoms with Crippen molar-refractivity contribution < 1.29 is 9.47 Å². The van der Waals surface area contributed by atoms with Crippen molar-refractivity contribution in [3.05, 3.63) is 65.7 Å². The smallest absolute Gasteiger partial charge is 0.123 e.